The van der Waals surface area contributed by atoms with Crippen molar-refractivity contribution in [1.29, 1.82) is 0 Å². The van der Waals surface area contributed by atoms with Gasteiger partial charge in [-0.2, -0.15) is 0 Å². The van der Waals surface area contributed by atoms with Crippen molar-refractivity contribution in [3.8, 4) is 11.4 Å². The molecule has 0 aliphatic heterocycles. The molecule has 3 aromatic rings. The zero-order chi connectivity index (χ0) is 16.1. The van der Waals surface area contributed by atoms with E-state index in [4.69, 9.17) is 0 Å². The van der Waals surface area contributed by atoms with Crippen molar-refractivity contribution in [2.75, 3.05) is 0 Å². The summed E-state index contributed by atoms with van der Waals surface area (Å²) in [5.41, 5.74) is 3.52. The highest BCUT2D eigenvalue weighted by atomic mass is 16.3. The molecule has 4 nitrogen and oxygen atoms in total. The molecule has 0 saturated heterocycles. The number of benzene rings is 2. The van der Waals surface area contributed by atoms with Gasteiger partial charge in [0.2, 0.25) is 0 Å². The third-order valence-electron chi connectivity index (χ3n) is 4.11. The highest BCUT2D eigenvalue weighted by Crippen LogP contribution is 2.24. The number of aryl methyl sites for hydroxylation is 1. The summed E-state index contributed by atoms with van der Waals surface area (Å²) in [5, 5.41) is 19.1. The summed E-state index contributed by atoms with van der Waals surface area (Å²) in [6.45, 7) is 2.23. The number of nitrogens with zero attached hydrogens (tertiary/aromatic N) is 3. The number of phenolic OH excluding ortho intramolecular Hbond substituents is 1. The third-order valence-corrected chi connectivity index (χ3v) is 4.11. The van der Waals surface area contributed by atoms with E-state index >= 15 is 0 Å². The normalized spacial score (nSPS) is 11.2. The molecule has 2 aromatic carbocycles. The van der Waals surface area contributed by atoms with E-state index in [-0.39, 0.29) is 5.75 Å². The van der Waals surface area contributed by atoms with E-state index in [2.05, 4.69) is 17.1 Å². The van der Waals surface area contributed by atoms with Crippen molar-refractivity contribution in [3.63, 3.8) is 0 Å². The molecule has 0 radical (unpaired) electrons. The van der Waals surface area contributed by atoms with Gasteiger partial charge in [0.25, 0.3) is 0 Å². The zero-order valence-electron chi connectivity index (χ0n) is 13.6. The van der Waals surface area contributed by atoms with Crippen LogP contribution in [-0.4, -0.2) is 20.1 Å². The number of aromatic hydroxyl groups is 1. The molecule has 0 saturated carbocycles. The molecule has 4 heteroatoms. The molecule has 0 bridgehead atoms. The second-order valence-electron chi connectivity index (χ2n) is 5.97. The predicted molar refractivity (Wildman–Crippen MR) is 93.0 cm³/mol. The summed E-state index contributed by atoms with van der Waals surface area (Å²) >= 11 is 0. The summed E-state index contributed by atoms with van der Waals surface area (Å²) in [4.78, 5) is 1.53. The molecule has 0 spiro atoms. The van der Waals surface area contributed by atoms with Gasteiger partial charge in [0, 0.05) is 0 Å². The van der Waals surface area contributed by atoms with Crippen LogP contribution in [0.25, 0.3) is 16.7 Å². The average Bonchev–Trinajstić information content (AvgIpc) is 3.00. The molecule has 0 atom stereocenters. The summed E-state index contributed by atoms with van der Waals surface area (Å²) < 4.78 is 0. The Labute approximate surface area is 136 Å². The lowest BCUT2D eigenvalue weighted by Gasteiger charge is -2.07. The summed E-state index contributed by atoms with van der Waals surface area (Å²) in [7, 11) is 0. The minimum atomic E-state index is 0.208. The Morgan fingerprint density at radius 3 is 2.30 bits per heavy atom. The predicted octanol–water partition coefficient (Wildman–Crippen LogP) is 4.64. The van der Waals surface area contributed by atoms with Crippen molar-refractivity contribution in [2.45, 2.75) is 45.4 Å². The topological polar surface area (TPSA) is 50.9 Å². The fraction of sp³-hybridized carbons (Fsp3) is 0.368. The molecule has 1 N–H and O–H groups in total. The van der Waals surface area contributed by atoms with Gasteiger partial charge in [-0.3, -0.25) is 0 Å². The number of hydrogen-bond donors (Lipinski definition) is 1. The van der Waals surface area contributed by atoms with Gasteiger partial charge in [-0.25, -0.2) is 0 Å². The highest BCUT2D eigenvalue weighted by molar-refractivity contribution is 5.73. The van der Waals surface area contributed by atoms with E-state index in [1.807, 2.05) is 36.4 Å². The Hall–Kier alpha value is -2.36. The maximum Gasteiger partial charge on any atom is 0.143 e. The van der Waals surface area contributed by atoms with Crippen molar-refractivity contribution in [3.05, 3.63) is 48.0 Å². The van der Waals surface area contributed by atoms with Gasteiger partial charge in [0.05, 0.1) is 0 Å². The summed E-state index contributed by atoms with van der Waals surface area (Å²) in [5.74, 6) is 0.208. The number of hydrogen-bond acceptors (Lipinski definition) is 3. The van der Waals surface area contributed by atoms with Crippen LogP contribution in [0.2, 0.25) is 0 Å². The molecule has 0 fully saturated rings. The lowest BCUT2D eigenvalue weighted by Crippen LogP contribution is -2.00. The Morgan fingerprint density at radius 1 is 0.913 bits per heavy atom. The number of unbranched alkanes of at least 4 members (excludes halogenated alkanes) is 4. The van der Waals surface area contributed by atoms with E-state index in [9.17, 15) is 5.11 Å². The second-order valence-corrected chi connectivity index (χ2v) is 5.97. The average molecular weight is 309 g/mol. The van der Waals surface area contributed by atoms with Crippen LogP contribution in [-0.2, 0) is 6.42 Å². The van der Waals surface area contributed by atoms with Gasteiger partial charge in [-0.05, 0) is 42.7 Å². The van der Waals surface area contributed by atoms with Gasteiger partial charge in [0.1, 0.15) is 22.5 Å². The molecule has 23 heavy (non-hydrogen) atoms. The van der Waals surface area contributed by atoms with E-state index in [1.54, 1.807) is 6.07 Å². The van der Waals surface area contributed by atoms with Crippen molar-refractivity contribution < 1.29 is 5.11 Å². The van der Waals surface area contributed by atoms with Crippen LogP contribution >= 0.6 is 0 Å². The summed E-state index contributed by atoms with van der Waals surface area (Å²) in [6.07, 6.45) is 7.34. The van der Waals surface area contributed by atoms with Gasteiger partial charge in [-0.15, -0.1) is 15.0 Å². The standard InChI is InChI=1S/C19H23N3O/c1-2-3-4-5-6-9-15-12-13-19(23)18(14-15)22-20-16-10-7-8-11-17(16)21-22/h7-8,10-14,23H,2-6,9H2,1H3. The molecule has 0 aliphatic rings. The lowest BCUT2D eigenvalue weighted by atomic mass is 10.0. The summed E-state index contributed by atoms with van der Waals surface area (Å²) in [6, 6.07) is 13.4. The molecule has 0 amide bonds. The van der Waals surface area contributed by atoms with Crippen molar-refractivity contribution in [1.82, 2.24) is 15.0 Å². The van der Waals surface area contributed by atoms with Crippen LogP contribution in [0.1, 0.15) is 44.6 Å². The van der Waals surface area contributed by atoms with Crippen molar-refractivity contribution >= 4 is 11.0 Å². The Kier molecular flexibility index (Phi) is 4.91. The Balaban J connectivity index is 1.77. The highest BCUT2D eigenvalue weighted by Gasteiger charge is 2.09. The zero-order valence-corrected chi connectivity index (χ0v) is 13.6. The Morgan fingerprint density at radius 2 is 1.61 bits per heavy atom. The fourth-order valence-electron chi connectivity index (χ4n) is 2.78. The van der Waals surface area contributed by atoms with E-state index in [1.165, 1.54) is 42.5 Å². The molecular formula is C19H23N3O. The maximum absolute atomic E-state index is 10.2. The van der Waals surface area contributed by atoms with Crippen molar-refractivity contribution in [2.24, 2.45) is 0 Å². The van der Waals surface area contributed by atoms with E-state index in [0.29, 0.717) is 5.69 Å². The van der Waals surface area contributed by atoms with Crippen LogP contribution in [0.4, 0.5) is 0 Å². The first-order valence-electron chi connectivity index (χ1n) is 8.42. The molecular weight excluding hydrogens is 286 g/mol. The number of rotatable bonds is 7. The van der Waals surface area contributed by atoms with Crippen LogP contribution in [0.5, 0.6) is 5.75 Å². The van der Waals surface area contributed by atoms with Crippen LogP contribution in [0.3, 0.4) is 0 Å². The smallest absolute Gasteiger partial charge is 0.143 e. The number of aromatic nitrogens is 3. The van der Waals surface area contributed by atoms with Gasteiger partial charge in [0.15, 0.2) is 0 Å². The first kappa shape index (κ1) is 15.5. The minimum absolute atomic E-state index is 0.208. The number of phenols is 1. The fourth-order valence-corrected chi connectivity index (χ4v) is 2.78. The van der Waals surface area contributed by atoms with E-state index in [0.717, 1.165) is 17.5 Å². The Bertz CT molecular complexity index is 746. The quantitative estimate of drug-likeness (QED) is 0.647. The number of fused-ring (bicyclic) bond motifs is 1. The first-order chi connectivity index (χ1) is 11.3. The third kappa shape index (κ3) is 3.70. The second kappa shape index (κ2) is 7.27. The first-order valence-corrected chi connectivity index (χ1v) is 8.42. The van der Waals surface area contributed by atoms with Crippen LogP contribution in [0, 0.1) is 0 Å². The van der Waals surface area contributed by atoms with Gasteiger partial charge >= 0.3 is 0 Å². The van der Waals surface area contributed by atoms with Crippen LogP contribution in [0.15, 0.2) is 42.5 Å². The maximum atomic E-state index is 10.2. The molecule has 0 aliphatic carbocycles. The minimum Gasteiger partial charge on any atom is -0.506 e. The SMILES string of the molecule is CCCCCCCc1ccc(O)c(-n2nc3ccccc3n2)c1. The molecule has 0 unspecified atom stereocenters. The lowest BCUT2D eigenvalue weighted by molar-refractivity contribution is 0.467. The molecule has 120 valence electrons. The van der Waals surface area contributed by atoms with Gasteiger partial charge in [-0.1, -0.05) is 50.8 Å². The van der Waals surface area contributed by atoms with Crippen LogP contribution < -0.4 is 0 Å². The van der Waals surface area contributed by atoms with E-state index < -0.39 is 0 Å². The molecule has 3 rings (SSSR count). The molecule has 1 aromatic heterocycles. The van der Waals surface area contributed by atoms with Gasteiger partial charge < -0.3 is 5.11 Å². The molecule has 1 heterocycles. The largest absolute Gasteiger partial charge is 0.506 e. The monoisotopic (exact) mass is 309 g/mol.